The van der Waals surface area contributed by atoms with Gasteiger partial charge in [-0.1, -0.05) is 6.07 Å². The van der Waals surface area contributed by atoms with Crippen molar-refractivity contribution in [1.29, 1.82) is 0 Å². The number of nitrogens with two attached hydrogens (primary N) is 1. The Hall–Kier alpha value is -3.92. The predicted octanol–water partition coefficient (Wildman–Crippen LogP) is 4.37. The van der Waals surface area contributed by atoms with E-state index < -0.39 is 11.1 Å². The third-order valence-electron chi connectivity index (χ3n) is 7.13. The van der Waals surface area contributed by atoms with E-state index in [0.717, 1.165) is 0 Å². The maximum Gasteiger partial charge on any atom is 0.163 e. The van der Waals surface area contributed by atoms with E-state index in [4.69, 9.17) is 20.2 Å². The largest absolute Gasteiger partial charge is 0.494 e. The summed E-state index contributed by atoms with van der Waals surface area (Å²) in [5.41, 5.74) is 7.78. The first-order valence-electron chi connectivity index (χ1n) is 12.6. The summed E-state index contributed by atoms with van der Waals surface area (Å²) >= 11 is 0. The summed E-state index contributed by atoms with van der Waals surface area (Å²) in [4.78, 5) is 22.3. The van der Waals surface area contributed by atoms with Crippen LogP contribution >= 0.6 is 0 Å². The first-order valence-corrected chi connectivity index (χ1v) is 12.6. The Labute approximate surface area is 225 Å². The van der Waals surface area contributed by atoms with E-state index in [2.05, 4.69) is 4.98 Å². The van der Waals surface area contributed by atoms with Gasteiger partial charge in [0.15, 0.2) is 11.5 Å². The van der Waals surface area contributed by atoms with Gasteiger partial charge < -0.3 is 25.4 Å². The smallest absolute Gasteiger partial charge is 0.163 e. The first-order chi connectivity index (χ1) is 18.5. The molecular formula is C30H30FN3O5. The van der Waals surface area contributed by atoms with E-state index in [-0.39, 0.29) is 37.7 Å². The van der Waals surface area contributed by atoms with E-state index in [9.17, 15) is 19.4 Å². The van der Waals surface area contributed by atoms with Gasteiger partial charge in [0.05, 0.1) is 30.6 Å². The van der Waals surface area contributed by atoms with Crippen LogP contribution in [0.1, 0.15) is 54.0 Å². The monoisotopic (exact) mass is 531 g/mol. The highest BCUT2D eigenvalue weighted by Gasteiger charge is 2.38. The van der Waals surface area contributed by atoms with Gasteiger partial charge in [-0.15, -0.1) is 0 Å². The number of hydrogen-bond donors (Lipinski definition) is 3. The summed E-state index contributed by atoms with van der Waals surface area (Å²) in [6.45, 7) is 3.47. The summed E-state index contributed by atoms with van der Waals surface area (Å²) in [6.07, 6.45) is 0.121. The number of Topliss-reactive ketones (excluding diaryl/α,β-unsaturated/α-hetero) is 1. The number of aromatic nitrogens is 2. The number of carbonyl (C=O) groups excluding carboxylic acids is 1. The van der Waals surface area contributed by atoms with E-state index in [1.54, 1.807) is 49.4 Å². The highest BCUT2D eigenvalue weighted by molar-refractivity contribution is 6.01. The summed E-state index contributed by atoms with van der Waals surface area (Å²) in [5, 5.41) is 21.6. The second-order valence-corrected chi connectivity index (χ2v) is 10.4. The zero-order chi connectivity index (χ0) is 27.9. The SMILES string of the molecule is COc1cc(C(=O)CC[C@@](C)(O)c2cc3c(c(-c4ccc(F)cc4)n2)OC[C@@]3(C)N)cc2ccc(CO)nc12. The van der Waals surface area contributed by atoms with Crippen molar-refractivity contribution >= 4 is 16.7 Å². The highest BCUT2D eigenvalue weighted by atomic mass is 19.1. The highest BCUT2D eigenvalue weighted by Crippen LogP contribution is 2.44. The summed E-state index contributed by atoms with van der Waals surface area (Å²) in [5.74, 6) is 0.359. The van der Waals surface area contributed by atoms with Crippen LogP contribution in [0.25, 0.3) is 22.2 Å². The van der Waals surface area contributed by atoms with Crippen molar-refractivity contribution in [2.45, 2.75) is 44.4 Å². The standard InChI is InChI=1S/C30H30FN3O5/c1-29(32)16-39-28-22(29)14-25(34-27(28)17-4-7-20(31)8-5-17)30(2,37)11-10-23(36)19-12-18-6-9-21(15-35)33-26(18)24(13-19)38-3/h4-9,12-14,35,37H,10-11,15-16,32H2,1-3H3/t29-,30-/m1/s1. The molecule has 202 valence electrons. The van der Waals surface area contributed by atoms with Gasteiger partial charge in [-0.2, -0.15) is 0 Å². The zero-order valence-electron chi connectivity index (χ0n) is 22.0. The molecule has 0 bridgehead atoms. The third kappa shape index (κ3) is 5.08. The van der Waals surface area contributed by atoms with Gasteiger partial charge in [0.25, 0.3) is 0 Å². The molecule has 4 aromatic rings. The lowest BCUT2D eigenvalue weighted by atomic mass is 9.88. The normalized spacial score (nSPS) is 17.9. The molecule has 9 heteroatoms. The first kappa shape index (κ1) is 26.7. The number of nitrogens with zero attached hydrogens (tertiary/aromatic N) is 2. The number of carbonyl (C=O) groups is 1. The van der Waals surface area contributed by atoms with E-state index in [1.165, 1.54) is 19.2 Å². The Bertz CT molecular complexity index is 1570. The molecule has 2 atom stereocenters. The maximum atomic E-state index is 13.6. The van der Waals surface area contributed by atoms with Crippen LogP contribution in [0.3, 0.4) is 0 Å². The Morgan fingerprint density at radius 1 is 1.18 bits per heavy atom. The Morgan fingerprint density at radius 3 is 2.62 bits per heavy atom. The Morgan fingerprint density at radius 2 is 1.92 bits per heavy atom. The van der Waals surface area contributed by atoms with Crippen molar-refractivity contribution in [2.75, 3.05) is 13.7 Å². The number of ether oxygens (including phenoxy) is 2. The Kier molecular flexibility index (Phi) is 6.84. The van der Waals surface area contributed by atoms with E-state index in [1.807, 2.05) is 6.92 Å². The number of aliphatic hydroxyl groups is 2. The van der Waals surface area contributed by atoms with E-state index in [0.29, 0.717) is 56.2 Å². The second-order valence-electron chi connectivity index (χ2n) is 10.4. The Balaban J connectivity index is 1.45. The number of rotatable bonds is 8. The number of benzene rings is 2. The molecule has 0 spiro atoms. The van der Waals surface area contributed by atoms with Crippen LogP contribution in [0.4, 0.5) is 4.39 Å². The van der Waals surface area contributed by atoms with Crippen molar-refractivity contribution in [3.63, 3.8) is 0 Å². The fourth-order valence-corrected chi connectivity index (χ4v) is 4.76. The number of aliphatic hydroxyl groups excluding tert-OH is 1. The lowest BCUT2D eigenvalue weighted by Crippen LogP contribution is -2.35. The van der Waals surface area contributed by atoms with Crippen LogP contribution in [0.2, 0.25) is 0 Å². The topological polar surface area (TPSA) is 128 Å². The fourth-order valence-electron chi connectivity index (χ4n) is 4.76. The van der Waals surface area contributed by atoms with Gasteiger partial charge in [0.2, 0.25) is 0 Å². The predicted molar refractivity (Wildman–Crippen MR) is 144 cm³/mol. The molecular weight excluding hydrogens is 501 g/mol. The van der Waals surface area contributed by atoms with Crippen LogP contribution in [-0.4, -0.2) is 39.7 Å². The van der Waals surface area contributed by atoms with Crippen LogP contribution < -0.4 is 15.2 Å². The summed E-state index contributed by atoms with van der Waals surface area (Å²) in [7, 11) is 1.49. The van der Waals surface area contributed by atoms with Crippen LogP contribution in [-0.2, 0) is 17.7 Å². The van der Waals surface area contributed by atoms with Crippen molar-refractivity contribution in [3.8, 4) is 22.8 Å². The lowest BCUT2D eigenvalue weighted by Gasteiger charge is -2.25. The fraction of sp³-hybridized carbons (Fsp3) is 0.300. The minimum atomic E-state index is -1.48. The van der Waals surface area contributed by atoms with Crippen molar-refractivity contribution in [2.24, 2.45) is 5.73 Å². The molecule has 3 heterocycles. The number of pyridine rings is 2. The molecule has 0 saturated heterocycles. The second kappa shape index (κ2) is 10.00. The molecule has 0 amide bonds. The van der Waals surface area contributed by atoms with Gasteiger partial charge in [0.1, 0.15) is 35.0 Å². The summed E-state index contributed by atoms with van der Waals surface area (Å²) < 4.78 is 24.9. The van der Waals surface area contributed by atoms with Crippen molar-refractivity contribution in [1.82, 2.24) is 9.97 Å². The molecule has 0 unspecified atom stereocenters. The quantitative estimate of drug-likeness (QED) is 0.286. The third-order valence-corrected chi connectivity index (χ3v) is 7.13. The minimum Gasteiger partial charge on any atom is -0.494 e. The average molecular weight is 532 g/mol. The number of methoxy groups -OCH3 is 1. The van der Waals surface area contributed by atoms with Crippen molar-refractivity contribution < 1.29 is 28.9 Å². The number of hydrogen-bond acceptors (Lipinski definition) is 8. The maximum absolute atomic E-state index is 13.6. The van der Waals surface area contributed by atoms with Crippen LogP contribution in [0, 0.1) is 5.82 Å². The van der Waals surface area contributed by atoms with Crippen molar-refractivity contribution in [3.05, 3.63) is 82.9 Å². The minimum absolute atomic E-state index is 0.0326. The molecule has 8 nitrogen and oxygen atoms in total. The molecule has 1 aliphatic heterocycles. The molecule has 0 fully saturated rings. The molecule has 1 aliphatic rings. The van der Waals surface area contributed by atoms with Crippen LogP contribution in [0.15, 0.2) is 54.6 Å². The van der Waals surface area contributed by atoms with Gasteiger partial charge in [-0.25, -0.2) is 14.4 Å². The molecule has 0 radical (unpaired) electrons. The number of fused-ring (bicyclic) bond motifs is 2. The van der Waals surface area contributed by atoms with Crippen LogP contribution in [0.5, 0.6) is 11.5 Å². The zero-order valence-corrected chi connectivity index (χ0v) is 22.0. The number of halogens is 1. The number of ketones is 1. The van der Waals surface area contributed by atoms with Gasteiger partial charge in [-0.3, -0.25) is 4.79 Å². The molecule has 4 N–H and O–H groups in total. The van der Waals surface area contributed by atoms with Gasteiger partial charge in [-0.05, 0) is 68.8 Å². The molecule has 2 aromatic carbocycles. The average Bonchev–Trinajstić information content (AvgIpc) is 3.25. The molecule has 2 aromatic heterocycles. The van der Waals surface area contributed by atoms with Gasteiger partial charge in [0, 0.05) is 28.5 Å². The molecule has 5 rings (SSSR count). The molecule has 0 saturated carbocycles. The van der Waals surface area contributed by atoms with Gasteiger partial charge >= 0.3 is 0 Å². The van der Waals surface area contributed by atoms with E-state index >= 15 is 0 Å². The molecule has 0 aliphatic carbocycles. The summed E-state index contributed by atoms with van der Waals surface area (Å²) in [6, 6.07) is 14.4. The lowest BCUT2D eigenvalue weighted by molar-refractivity contribution is 0.0396. The molecule has 39 heavy (non-hydrogen) atoms.